The van der Waals surface area contributed by atoms with E-state index in [1.54, 1.807) is 22.7 Å². The highest BCUT2D eigenvalue weighted by Crippen LogP contribution is 2.24. The average molecular weight is 385 g/mol. The van der Waals surface area contributed by atoms with Crippen molar-refractivity contribution in [2.75, 3.05) is 26.2 Å². The van der Waals surface area contributed by atoms with E-state index in [2.05, 4.69) is 33.0 Å². The molecular weight excluding hydrogens is 368 g/mol. The molecule has 3 heterocycles. The lowest BCUT2D eigenvalue weighted by Crippen LogP contribution is -2.48. The number of aryl methyl sites for hydroxylation is 1. The summed E-state index contributed by atoms with van der Waals surface area (Å²) in [5.74, 6) is 0.187. The van der Waals surface area contributed by atoms with Gasteiger partial charge in [0.1, 0.15) is 0 Å². The summed E-state index contributed by atoms with van der Waals surface area (Å²) in [6.45, 7) is 6.57. The third kappa shape index (κ3) is 3.74. The van der Waals surface area contributed by atoms with Crippen molar-refractivity contribution in [1.82, 2.24) is 9.80 Å². The van der Waals surface area contributed by atoms with E-state index >= 15 is 0 Å². The quantitative estimate of drug-likeness (QED) is 0.802. The number of carbonyl (C=O) groups excluding carboxylic acids is 1. The van der Waals surface area contributed by atoms with Gasteiger partial charge in [-0.3, -0.25) is 9.69 Å². The molecule has 1 amide bonds. The van der Waals surface area contributed by atoms with Gasteiger partial charge in [-0.2, -0.15) is 0 Å². The maximum absolute atomic E-state index is 12.4. The minimum atomic E-state index is 0.187. The van der Waals surface area contributed by atoms with E-state index in [0.29, 0.717) is 0 Å². The van der Waals surface area contributed by atoms with Crippen molar-refractivity contribution < 1.29 is 4.79 Å². The first-order valence-corrected chi connectivity index (χ1v) is 9.37. The van der Waals surface area contributed by atoms with Crippen molar-refractivity contribution in [2.45, 2.75) is 13.5 Å². The second kappa shape index (κ2) is 6.60. The summed E-state index contributed by atoms with van der Waals surface area (Å²) < 4.78 is 1.18. The minimum Gasteiger partial charge on any atom is -0.335 e. The molecule has 3 rings (SSSR count). The van der Waals surface area contributed by atoms with Crippen LogP contribution in [-0.2, 0) is 6.54 Å². The lowest BCUT2D eigenvalue weighted by atomic mass is 10.3. The van der Waals surface area contributed by atoms with Crippen LogP contribution in [0.15, 0.2) is 28.1 Å². The monoisotopic (exact) mass is 384 g/mol. The standard InChI is InChI=1S/C15H17BrN2OS2/c1-11-2-4-13(20-11)15(19)18-8-6-17(7-9-18)10-12-3-5-14(16)21-12/h2-5H,6-10H2,1H3. The predicted octanol–water partition coefficient (Wildman–Crippen LogP) is 3.84. The number of thiophene rings is 2. The van der Waals surface area contributed by atoms with Crippen molar-refractivity contribution in [3.8, 4) is 0 Å². The van der Waals surface area contributed by atoms with Crippen molar-refractivity contribution in [1.29, 1.82) is 0 Å². The van der Waals surface area contributed by atoms with Gasteiger partial charge in [0.15, 0.2) is 0 Å². The zero-order valence-electron chi connectivity index (χ0n) is 11.8. The number of carbonyl (C=O) groups is 1. The number of nitrogens with zero attached hydrogens (tertiary/aromatic N) is 2. The SMILES string of the molecule is Cc1ccc(C(=O)N2CCN(Cc3ccc(Br)s3)CC2)s1. The van der Waals surface area contributed by atoms with E-state index in [-0.39, 0.29) is 5.91 Å². The van der Waals surface area contributed by atoms with Crippen LogP contribution < -0.4 is 0 Å². The first kappa shape index (κ1) is 15.2. The summed E-state index contributed by atoms with van der Waals surface area (Å²) in [4.78, 5) is 20.2. The molecule has 0 unspecified atom stereocenters. The van der Waals surface area contributed by atoms with Gasteiger partial charge in [0, 0.05) is 42.5 Å². The molecular formula is C15H17BrN2OS2. The molecule has 2 aromatic heterocycles. The van der Waals surface area contributed by atoms with Crippen molar-refractivity contribution in [3.05, 3.63) is 42.7 Å². The Bertz CT molecular complexity index is 629. The van der Waals surface area contributed by atoms with Gasteiger partial charge in [0.25, 0.3) is 5.91 Å². The van der Waals surface area contributed by atoms with E-state index in [0.717, 1.165) is 37.6 Å². The molecule has 3 nitrogen and oxygen atoms in total. The normalized spacial score (nSPS) is 16.4. The summed E-state index contributed by atoms with van der Waals surface area (Å²) in [6.07, 6.45) is 0. The minimum absolute atomic E-state index is 0.187. The zero-order valence-corrected chi connectivity index (χ0v) is 15.1. The molecule has 0 N–H and O–H groups in total. The van der Waals surface area contributed by atoms with Crippen LogP contribution in [0.4, 0.5) is 0 Å². The first-order chi connectivity index (χ1) is 10.1. The molecule has 1 aliphatic rings. The Balaban J connectivity index is 1.54. The van der Waals surface area contributed by atoms with Crippen LogP contribution in [0.3, 0.4) is 0 Å². The van der Waals surface area contributed by atoms with Gasteiger partial charge in [-0.1, -0.05) is 0 Å². The van der Waals surface area contributed by atoms with E-state index in [1.165, 1.54) is 13.5 Å². The highest BCUT2D eigenvalue weighted by Gasteiger charge is 2.23. The lowest BCUT2D eigenvalue weighted by molar-refractivity contribution is 0.0634. The summed E-state index contributed by atoms with van der Waals surface area (Å²) >= 11 is 6.87. The Kier molecular flexibility index (Phi) is 4.78. The van der Waals surface area contributed by atoms with E-state index < -0.39 is 0 Å². The Hall–Kier alpha value is -0.690. The maximum atomic E-state index is 12.4. The summed E-state index contributed by atoms with van der Waals surface area (Å²) in [5.41, 5.74) is 0. The van der Waals surface area contributed by atoms with E-state index in [4.69, 9.17) is 0 Å². The first-order valence-electron chi connectivity index (χ1n) is 6.94. The van der Waals surface area contributed by atoms with Crippen LogP contribution in [0.1, 0.15) is 19.4 Å². The highest BCUT2D eigenvalue weighted by molar-refractivity contribution is 9.11. The molecule has 21 heavy (non-hydrogen) atoms. The molecule has 6 heteroatoms. The molecule has 2 aromatic rings. The second-order valence-corrected chi connectivity index (χ2v) is 9.02. The number of rotatable bonds is 3. The van der Waals surface area contributed by atoms with Gasteiger partial charge >= 0.3 is 0 Å². The predicted molar refractivity (Wildman–Crippen MR) is 92.3 cm³/mol. The van der Waals surface area contributed by atoms with Crippen LogP contribution in [-0.4, -0.2) is 41.9 Å². The van der Waals surface area contributed by atoms with Gasteiger partial charge < -0.3 is 4.90 Å². The topological polar surface area (TPSA) is 23.6 Å². The molecule has 0 spiro atoms. The van der Waals surface area contributed by atoms with Gasteiger partial charge in [-0.25, -0.2) is 0 Å². The molecule has 0 radical (unpaired) electrons. The maximum Gasteiger partial charge on any atom is 0.264 e. The summed E-state index contributed by atoms with van der Waals surface area (Å²) in [7, 11) is 0. The van der Waals surface area contributed by atoms with Gasteiger partial charge in [-0.15, -0.1) is 22.7 Å². The van der Waals surface area contributed by atoms with Gasteiger partial charge in [0.2, 0.25) is 0 Å². The summed E-state index contributed by atoms with van der Waals surface area (Å²) in [6, 6.07) is 8.22. The molecule has 0 bridgehead atoms. The second-order valence-electron chi connectivity index (χ2n) is 5.18. The largest absolute Gasteiger partial charge is 0.335 e. The molecule has 0 aliphatic carbocycles. The van der Waals surface area contributed by atoms with E-state index in [1.807, 2.05) is 24.0 Å². The third-order valence-corrected chi connectivity index (χ3v) is 6.22. The molecule has 1 fully saturated rings. The van der Waals surface area contributed by atoms with Gasteiger partial charge in [0.05, 0.1) is 8.66 Å². The van der Waals surface area contributed by atoms with Crippen LogP contribution in [0.5, 0.6) is 0 Å². The van der Waals surface area contributed by atoms with Crippen LogP contribution in [0.2, 0.25) is 0 Å². The number of piperazine rings is 1. The fourth-order valence-corrected chi connectivity index (χ4v) is 4.83. The fourth-order valence-electron chi connectivity index (χ4n) is 2.47. The van der Waals surface area contributed by atoms with Crippen molar-refractivity contribution in [3.63, 3.8) is 0 Å². The number of hydrogen-bond donors (Lipinski definition) is 0. The van der Waals surface area contributed by atoms with E-state index in [9.17, 15) is 4.79 Å². The molecule has 0 saturated carbocycles. The fraction of sp³-hybridized carbons (Fsp3) is 0.400. The Morgan fingerprint density at radius 2 is 1.90 bits per heavy atom. The van der Waals surface area contributed by atoms with Crippen LogP contribution in [0, 0.1) is 6.92 Å². The Labute approximate surface area is 141 Å². The molecule has 1 aliphatic heterocycles. The lowest BCUT2D eigenvalue weighted by Gasteiger charge is -2.34. The van der Waals surface area contributed by atoms with Crippen LogP contribution >= 0.6 is 38.6 Å². The molecule has 112 valence electrons. The molecule has 0 atom stereocenters. The average Bonchev–Trinajstić information content (AvgIpc) is 3.08. The number of halogens is 1. The molecule has 1 saturated heterocycles. The highest BCUT2D eigenvalue weighted by atomic mass is 79.9. The number of amides is 1. The van der Waals surface area contributed by atoms with Gasteiger partial charge in [-0.05, 0) is 47.1 Å². The zero-order chi connectivity index (χ0) is 14.8. The molecule has 0 aromatic carbocycles. The smallest absolute Gasteiger partial charge is 0.264 e. The van der Waals surface area contributed by atoms with Crippen LogP contribution in [0.25, 0.3) is 0 Å². The Morgan fingerprint density at radius 1 is 1.14 bits per heavy atom. The Morgan fingerprint density at radius 3 is 2.48 bits per heavy atom. The van der Waals surface area contributed by atoms with Crippen molar-refractivity contribution >= 4 is 44.5 Å². The van der Waals surface area contributed by atoms with Crippen molar-refractivity contribution in [2.24, 2.45) is 0 Å². The third-order valence-electron chi connectivity index (χ3n) is 3.62. The summed E-state index contributed by atoms with van der Waals surface area (Å²) in [5, 5.41) is 0. The number of hydrogen-bond acceptors (Lipinski definition) is 4.